The van der Waals surface area contributed by atoms with Gasteiger partial charge in [0.2, 0.25) is 0 Å². The Kier molecular flexibility index (Phi) is 6.36. The van der Waals surface area contributed by atoms with Gasteiger partial charge in [0.15, 0.2) is 0 Å². The number of aliphatic hydroxyl groups is 1. The number of carbonyl (C=O) groups excluding carboxylic acids is 2. The number of ketones is 1. The number of aryl methyl sites for hydroxylation is 1. The minimum Gasteiger partial charge on any atom is -0.507 e. The number of carbonyl (C=O) groups is 2. The second kappa shape index (κ2) is 9.92. The van der Waals surface area contributed by atoms with Crippen LogP contribution >= 0.6 is 0 Å². The average Bonchev–Trinajstić information content (AvgIpc) is 3.51. The number of amides is 1. The maximum absolute atomic E-state index is 13.1. The van der Waals surface area contributed by atoms with E-state index in [9.17, 15) is 14.7 Å². The molecule has 2 aromatic heterocycles. The Morgan fingerprint density at radius 3 is 2.47 bits per heavy atom. The van der Waals surface area contributed by atoms with Crippen LogP contribution in [0.2, 0.25) is 0 Å². The lowest BCUT2D eigenvalue weighted by atomic mass is 9.99. The normalized spacial score (nSPS) is 16.9. The monoisotopic (exact) mass is 480 g/mol. The molecule has 7 heteroatoms. The highest BCUT2D eigenvalue weighted by molar-refractivity contribution is 6.46. The number of furan rings is 1. The first-order valence-corrected chi connectivity index (χ1v) is 11.5. The summed E-state index contributed by atoms with van der Waals surface area (Å²) in [6, 6.07) is 20.9. The van der Waals surface area contributed by atoms with Gasteiger partial charge in [-0.15, -0.1) is 0 Å². The summed E-state index contributed by atoms with van der Waals surface area (Å²) >= 11 is 0. The first kappa shape index (κ1) is 23.1. The number of benzene rings is 2. The molecular formula is C29H24N2O5. The molecule has 3 heterocycles. The number of aliphatic hydroxyl groups excluding tert-OH is 1. The Bertz CT molecular complexity index is 1410. The van der Waals surface area contributed by atoms with Crippen LogP contribution in [0, 0.1) is 6.92 Å². The molecule has 0 unspecified atom stereocenters. The summed E-state index contributed by atoms with van der Waals surface area (Å²) in [5.74, 6) is -0.718. The largest absolute Gasteiger partial charge is 0.507 e. The molecule has 4 aromatic rings. The summed E-state index contributed by atoms with van der Waals surface area (Å²) in [5.41, 5.74) is 3.39. The van der Waals surface area contributed by atoms with Crippen LogP contribution in [0.5, 0.6) is 5.75 Å². The number of rotatable bonds is 7. The fraction of sp³-hybridized carbons (Fsp3) is 0.138. The number of hydrogen-bond donors (Lipinski definition) is 1. The molecule has 0 bridgehead atoms. The first-order valence-electron chi connectivity index (χ1n) is 11.5. The van der Waals surface area contributed by atoms with Gasteiger partial charge >= 0.3 is 0 Å². The Morgan fingerprint density at radius 1 is 1.00 bits per heavy atom. The van der Waals surface area contributed by atoms with Gasteiger partial charge in [-0.2, -0.15) is 0 Å². The highest BCUT2D eigenvalue weighted by atomic mass is 16.5. The summed E-state index contributed by atoms with van der Waals surface area (Å²) in [6.07, 6.45) is 4.72. The van der Waals surface area contributed by atoms with Crippen molar-refractivity contribution in [2.75, 3.05) is 0 Å². The summed E-state index contributed by atoms with van der Waals surface area (Å²) in [7, 11) is 0. The first-order chi connectivity index (χ1) is 17.5. The van der Waals surface area contributed by atoms with Gasteiger partial charge in [0.1, 0.15) is 29.9 Å². The Labute approximate surface area is 208 Å². The third kappa shape index (κ3) is 4.63. The van der Waals surface area contributed by atoms with Crippen LogP contribution in [0.4, 0.5) is 0 Å². The lowest BCUT2D eigenvalue weighted by molar-refractivity contribution is -0.140. The standard InChI is InChI=1S/C29H24N2O5/c1-19-4-2-5-21(16-19)18-36-23-9-7-22(8-10-23)27(32)25-26(24-6-3-15-35-24)31(29(34)28(25)33)17-20-11-13-30-14-12-20/h2-16,26,32H,17-18H2,1H3/b27-25+/t26-/m0/s1. The molecule has 1 aliphatic heterocycles. The van der Waals surface area contributed by atoms with E-state index in [-0.39, 0.29) is 17.9 Å². The smallest absolute Gasteiger partial charge is 0.296 e. The van der Waals surface area contributed by atoms with E-state index in [1.807, 2.05) is 25.1 Å². The van der Waals surface area contributed by atoms with E-state index in [1.54, 1.807) is 60.9 Å². The molecule has 0 spiro atoms. The summed E-state index contributed by atoms with van der Waals surface area (Å²) in [6.45, 7) is 2.60. The second-order valence-corrected chi connectivity index (χ2v) is 8.60. The zero-order chi connectivity index (χ0) is 25.1. The van der Waals surface area contributed by atoms with Crippen molar-refractivity contribution >= 4 is 17.4 Å². The van der Waals surface area contributed by atoms with Gasteiger partial charge in [0, 0.05) is 24.5 Å². The van der Waals surface area contributed by atoms with Crippen LogP contribution in [0.1, 0.15) is 34.1 Å². The van der Waals surface area contributed by atoms with Crippen molar-refractivity contribution in [3.05, 3.63) is 125 Å². The van der Waals surface area contributed by atoms with E-state index in [2.05, 4.69) is 11.1 Å². The van der Waals surface area contributed by atoms with Crippen LogP contribution in [0.15, 0.2) is 101 Å². The van der Waals surface area contributed by atoms with E-state index in [1.165, 1.54) is 11.2 Å². The van der Waals surface area contributed by atoms with Crippen molar-refractivity contribution in [3.8, 4) is 5.75 Å². The molecule has 0 saturated carbocycles. The molecule has 0 radical (unpaired) electrons. The van der Waals surface area contributed by atoms with Gasteiger partial charge in [0.05, 0.1) is 11.8 Å². The van der Waals surface area contributed by atoms with Gasteiger partial charge < -0.3 is 19.2 Å². The van der Waals surface area contributed by atoms with Crippen molar-refractivity contribution in [2.24, 2.45) is 0 Å². The molecule has 5 rings (SSSR count). The lowest BCUT2D eigenvalue weighted by Crippen LogP contribution is -2.29. The highest BCUT2D eigenvalue weighted by Crippen LogP contribution is 2.40. The molecule has 1 saturated heterocycles. The van der Waals surface area contributed by atoms with Crippen LogP contribution in [0.25, 0.3) is 5.76 Å². The van der Waals surface area contributed by atoms with Crippen molar-refractivity contribution in [1.29, 1.82) is 0 Å². The number of likely N-dealkylation sites (tertiary alicyclic amines) is 1. The number of ether oxygens (including phenoxy) is 1. The van der Waals surface area contributed by atoms with E-state index in [0.29, 0.717) is 23.7 Å². The zero-order valence-electron chi connectivity index (χ0n) is 19.6. The van der Waals surface area contributed by atoms with Gasteiger partial charge in [-0.25, -0.2) is 0 Å². The van der Waals surface area contributed by atoms with E-state index in [4.69, 9.17) is 9.15 Å². The molecule has 7 nitrogen and oxygen atoms in total. The van der Waals surface area contributed by atoms with Crippen molar-refractivity contribution in [2.45, 2.75) is 26.1 Å². The quantitative estimate of drug-likeness (QED) is 0.222. The summed E-state index contributed by atoms with van der Waals surface area (Å²) in [5, 5.41) is 11.2. The zero-order valence-corrected chi connectivity index (χ0v) is 19.6. The fourth-order valence-corrected chi connectivity index (χ4v) is 4.30. The molecular weight excluding hydrogens is 456 g/mol. The van der Waals surface area contributed by atoms with Crippen molar-refractivity contribution < 1.29 is 23.8 Å². The van der Waals surface area contributed by atoms with E-state index in [0.717, 1.165) is 16.7 Å². The fourth-order valence-electron chi connectivity index (χ4n) is 4.30. The second-order valence-electron chi connectivity index (χ2n) is 8.60. The Morgan fingerprint density at radius 2 is 1.78 bits per heavy atom. The number of nitrogens with zero attached hydrogens (tertiary/aromatic N) is 2. The molecule has 1 amide bonds. The maximum atomic E-state index is 13.1. The number of aromatic nitrogens is 1. The number of Topliss-reactive ketones (excluding diaryl/α,β-unsaturated/α-hetero) is 1. The van der Waals surface area contributed by atoms with Crippen molar-refractivity contribution in [1.82, 2.24) is 9.88 Å². The Hall–Kier alpha value is -4.65. The number of hydrogen-bond acceptors (Lipinski definition) is 6. The SMILES string of the molecule is Cc1cccc(COc2ccc(/C(O)=C3\C(=O)C(=O)N(Cc4ccncc4)[C@H]3c3ccco3)cc2)c1. The topological polar surface area (TPSA) is 92.9 Å². The predicted octanol–water partition coefficient (Wildman–Crippen LogP) is 5.18. The molecule has 1 atom stereocenters. The van der Waals surface area contributed by atoms with Crippen molar-refractivity contribution in [3.63, 3.8) is 0 Å². The van der Waals surface area contributed by atoms with Crippen LogP contribution in [-0.4, -0.2) is 26.7 Å². The molecule has 1 fully saturated rings. The molecule has 2 aromatic carbocycles. The minimum absolute atomic E-state index is 0.0163. The molecule has 1 N–H and O–H groups in total. The average molecular weight is 481 g/mol. The number of pyridine rings is 1. The Balaban J connectivity index is 1.43. The third-order valence-electron chi connectivity index (χ3n) is 6.07. The van der Waals surface area contributed by atoms with Crippen LogP contribution in [0.3, 0.4) is 0 Å². The van der Waals surface area contributed by atoms with Crippen LogP contribution < -0.4 is 4.74 Å². The van der Waals surface area contributed by atoms with Gasteiger partial charge in [-0.1, -0.05) is 29.8 Å². The minimum atomic E-state index is -0.856. The molecule has 36 heavy (non-hydrogen) atoms. The van der Waals surface area contributed by atoms with Gasteiger partial charge in [-0.05, 0) is 66.6 Å². The van der Waals surface area contributed by atoms with Crippen LogP contribution in [-0.2, 0) is 22.7 Å². The summed E-state index contributed by atoms with van der Waals surface area (Å²) in [4.78, 5) is 31.5. The van der Waals surface area contributed by atoms with E-state index < -0.39 is 17.7 Å². The van der Waals surface area contributed by atoms with Gasteiger partial charge in [-0.3, -0.25) is 14.6 Å². The lowest BCUT2D eigenvalue weighted by Gasteiger charge is -2.23. The summed E-state index contributed by atoms with van der Waals surface area (Å²) < 4.78 is 11.4. The maximum Gasteiger partial charge on any atom is 0.296 e. The van der Waals surface area contributed by atoms with Gasteiger partial charge in [0.25, 0.3) is 11.7 Å². The molecule has 1 aliphatic rings. The predicted molar refractivity (Wildman–Crippen MR) is 133 cm³/mol. The molecule has 0 aliphatic carbocycles. The third-order valence-corrected chi connectivity index (χ3v) is 6.07. The van der Waals surface area contributed by atoms with E-state index >= 15 is 0 Å². The molecule has 180 valence electrons. The highest BCUT2D eigenvalue weighted by Gasteiger charge is 2.47.